The van der Waals surface area contributed by atoms with Crippen molar-refractivity contribution in [2.75, 3.05) is 18.4 Å². The number of carbonyl (C=O) groups excluding carboxylic acids is 1. The topological polar surface area (TPSA) is 91.4 Å². The van der Waals surface area contributed by atoms with Crippen LogP contribution in [0.2, 0.25) is 0 Å². The number of hydrogen-bond acceptors (Lipinski definition) is 5. The number of carbonyl (C=O) groups is 1. The van der Waals surface area contributed by atoms with E-state index in [9.17, 15) is 13.2 Å². The molecule has 25 heavy (non-hydrogen) atoms. The molecule has 4 rings (SSSR count). The molecule has 1 amide bonds. The Kier molecular flexibility index (Phi) is 3.73. The summed E-state index contributed by atoms with van der Waals surface area (Å²) >= 11 is 0. The molecule has 0 radical (unpaired) electrons. The summed E-state index contributed by atoms with van der Waals surface area (Å²) in [5.41, 5.74) is 0.450. The van der Waals surface area contributed by atoms with Crippen molar-refractivity contribution in [1.29, 1.82) is 0 Å². The lowest BCUT2D eigenvalue weighted by atomic mass is 9.96. The largest absolute Gasteiger partial charge is 0.365 e. The smallest absolute Gasteiger partial charge is 0.253 e. The molecule has 2 aliphatic rings. The summed E-state index contributed by atoms with van der Waals surface area (Å²) in [4.78, 5) is 18.5. The minimum absolute atomic E-state index is 0.0590. The molecule has 0 bridgehead atoms. The van der Waals surface area contributed by atoms with Gasteiger partial charge in [-0.3, -0.25) is 9.78 Å². The average molecular weight is 358 g/mol. The normalized spacial score (nSPS) is 20.6. The van der Waals surface area contributed by atoms with Gasteiger partial charge in [-0.1, -0.05) is 12.1 Å². The van der Waals surface area contributed by atoms with Gasteiger partial charge >= 0.3 is 0 Å². The van der Waals surface area contributed by atoms with Crippen LogP contribution in [0.3, 0.4) is 0 Å². The second-order valence-electron chi connectivity index (χ2n) is 6.34. The van der Waals surface area contributed by atoms with Crippen LogP contribution >= 0.6 is 0 Å². The predicted molar refractivity (Wildman–Crippen MR) is 92.5 cm³/mol. The van der Waals surface area contributed by atoms with Gasteiger partial charge in [0.25, 0.3) is 5.91 Å². The van der Waals surface area contributed by atoms with E-state index in [1.807, 2.05) is 6.07 Å². The van der Waals surface area contributed by atoms with Gasteiger partial charge in [0, 0.05) is 43.9 Å². The zero-order valence-corrected chi connectivity index (χ0v) is 14.3. The highest BCUT2D eigenvalue weighted by Crippen LogP contribution is 2.34. The quantitative estimate of drug-likeness (QED) is 0.804. The van der Waals surface area contributed by atoms with E-state index >= 15 is 0 Å². The number of piperidine rings is 1. The summed E-state index contributed by atoms with van der Waals surface area (Å²) in [6.45, 7) is 0.942. The zero-order valence-electron chi connectivity index (χ0n) is 13.5. The maximum atomic E-state index is 12.5. The molecule has 130 valence electrons. The lowest BCUT2D eigenvalue weighted by molar-refractivity contribution is 0.0675. The lowest BCUT2D eigenvalue weighted by Gasteiger charge is -2.45. The van der Waals surface area contributed by atoms with E-state index < -0.39 is 15.7 Å². The third kappa shape index (κ3) is 2.87. The number of benzene rings is 1. The Morgan fingerprint density at radius 1 is 1.08 bits per heavy atom. The number of nitrogens with zero attached hydrogens (tertiary/aromatic N) is 2. The van der Waals surface area contributed by atoms with Crippen molar-refractivity contribution in [2.45, 2.75) is 23.4 Å². The fourth-order valence-electron chi connectivity index (χ4n) is 3.40. The number of rotatable bonds is 1. The molecule has 0 unspecified atom stereocenters. The van der Waals surface area contributed by atoms with Crippen molar-refractivity contribution in [3.8, 4) is 0 Å². The van der Waals surface area contributed by atoms with Gasteiger partial charge in [-0.05, 0) is 24.3 Å². The molecule has 8 heteroatoms. The first-order valence-electron chi connectivity index (χ1n) is 8.10. The second kappa shape index (κ2) is 5.82. The van der Waals surface area contributed by atoms with Gasteiger partial charge in [0.15, 0.2) is 0 Å². The van der Waals surface area contributed by atoms with Crippen LogP contribution in [-0.4, -0.2) is 43.0 Å². The molecule has 1 spiro atoms. The minimum atomic E-state index is -3.56. The first-order valence-corrected chi connectivity index (χ1v) is 9.58. The van der Waals surface area contributed by atoms with Crippen LogP contribution in [-0.2, 0) is 10.0 Å². The van der Waals surface area contributed by atoms with E-state index in [0.717, 1.165) is 0 Å². The first-order chi connectivity index (χ1) is 12.0. The van der Waals surface area contributed by atoms with Crippen LogP contribution < -0.4 is 10.0 Å². The number of likely N-dealkylation sites (tertiary alicyclic amines) is 1. The molecule has 2 aliphatic heterocycles. The molecule has 1 saturated heterocycles. The Morgan fingerprint density at radius 3 is 2.48 bits per heavy atom. The maximum Gasteiger partial charge on any atom is 0.253 e. The Balaban J connectivity index is 1.53. The lowest BCUT2D eigenvalue weighted by Crippen LogP contribution is -2.62. The number of aromatic nitrogens is 1. The van der Waals surface area contributed by atoms with Crippen molar-refractivity contribution in [3.63, 3.8) is 0 Å². The Bertz CT molecular complexity index is 907. The molecule has 0 aliphatic carbocycles. The highest BCUT2D eigenvalue weighted by atomic mass is 32.2. The highest BCUT2D eigenvalue weighted by molar-refractivity contribution is 7.89. The average Bonchev–Trinajstić information content (AvgIpc) is 2.62. The summed E-state index contributed by atoms with van der Waals surface area (Å²) < 4.78 is 27.9. The van der Waals surface area contributed by atoms with Crippen molar-refractivity contribution in [2.24, 2.45) is 0 Å². The highest BCUT2D eigenvalue weighted by Gasteiger charge is 2.43. The fraction of sp³-hybridized carbons (Fsp3) is 0.294. The summed E-state index contributed by atoms with van der Waals surface area (Å²) in [6, 6.07) is 10.2. The van der Waals surface area contributed by atoms with Crippen LogP contribution in [0.4, 0.5) is 5.69 Å². The fourth-order valence-corrected chi connectivity index (χ4v) is 4.94. The van der Waals surface area contributed by atoms with E-state index in [0.29, 0.717) is 37.2 Å². The summed E-state index contributed by atoms with van der Waals surface area (Å²) in [5, 5.41) is 3.33. The van der Waals surface area contributed by atoms with Crippen LogP contribution in [0.25, 0.3) is 0 Å². The molecule has 3 heterocycles. The van der Waals surface area contributed by atoms with Gasteiger partial charge in [0.1, 0.15) is 10.6 Å². The molecular formula is C17H18N4O3S. The summed E-state index contributed by atoms with van der Waals surface area (Å²) in [5.74, 6) is -0.0590. The summed E-state index contributed by atoms with van der Waals surface area (Å²) in [7, 11) is -3.56. The molecule has 1 aromatic carbocycles. The van der Waals surface area contributed by atoms with Crippen LogP contribution in [0.1, 0.15) is 23.2 Å². The van der Waals surface area contributed by atoms with Crippen LogP contribution in [0, 0.1) is 0 Å². The Morgan fingerprint density at radius 2 is 1.76 bits per heavy atom. The molecule has 2 aromatic rings. The van der Waals surface area contributed by atoms with Crippen LogP contribution in [0.15, 0.2) is 53.7 Å². The zero-order chi connectivity index (χ0) is 17.5. The minimum Gasteiger partial charge on any atom is -0.365 e. The molecule has 7 nitrogen and oxygen atoms in total. The number of anilines is 1. The van der Waals surface area contributed by atoms with Gasteiger partial charge in [0.05, 0.1) is 5.69 Å². The van der Waals surface area contributed by atoms with Crippen LogP contribution in [0.5, 0.6) is 0 Å². The first kappa shape index (κ1) is 16.0. The number of amides is 1. The maximum absolute atomic E-state index is 12.5. The van der Waals surface area contributed by atoms with Gasteiger partial charge in [-0.15, -0.1) is 0 Å². The van der Waals surface area contributed by atoms with E-state index in [4.69, 9.17) is 0 Å². The number of nitrogens with one attached hydrogen (secondary N) is 2. The Labute approximate surface area is 146 Å². The third-order valence-corrected chi connectivity index (χ3v) is 6.31. The molecule has 2 N–H and O–H groups in total. The molecule has 0 atom stereocenters. The van der Waals surface area contributed by atoms with Gasteiger partial charge < -0.3 is 10.2 Å². The number of para-hydroxylation sites is 1. The molecule has 1 fully saturated rings. The van der Waals surface area contributed by atoms with E-state index in [1.54, 1.807) is 47.6 Å². The summed E-state index contributed by atoms with van der Waals surface area (Å²) in [6.07, 6.45) is 4.17. The number of hydrogen-bond donors (Lipinski definition) is 2. The monoisotopic (exact) mass is 358 g/mol. The predicted octanol–water partition coefficient (Wildman–Crippen LogP) is 1.42. The van der Waals surface area contributed by atoms with Crippen molar-refractivity contribution >= 4 is 21.6 Å². The number of pyridine rings is 1. The van der Waals surface area contributed by atoms with E-state index in [-0.39, 0.29) is 10.8 Å². The molecule has 1 aromatic heterocycles. The second-order valence-corrected chi connectivity index (χ2v) is 7.99. The van der Waals surface area contributed by atoms with E-state index in [1.165, 1.54) is 0 Å². The SMILES string of the molecule is O=C(c1ccncc1)N1CCC2(CC1)Nc1ccccc1S(=O)(=O)N2. The van der Waals surface area contributed by atoms with Crippen molar-refractivity contribution in [1.82, 2.24) is 14.6 Å². The molecular weight excluding hydrogens is 340 g/mol. The third-order valence-electron chi connectivity index (χ3n) is 4.71. The van der Waals surface area contributed by atoms with E-state index in [2.05, 4.69) is 15.0 Å². The molecule has 0 saturated carbocycles. The van der Waals surface area contributed by atoms with Gasteiger partial charge in [0.2, 0.25) is 10.0 Å². The number of sulfonamides is 1. The Hall–Kier alpha value is -2.45. The van der Waals surface area contributed by atoms with Crippen molar-refractivity contribution in [3.05, 3.63) is 54.4 Å². The van der Waals surface area contributed by atoms with Crippen molar-refractivity contribution < 1.29 is 13.2 Å². The standard InChI is InChI=1S/C17H18N4O3S/c22-16(13-5-9-18-10-6-13)21-11-7-17(8-12-21)19-14-3-1-2-4-15(14)25(23,24)20-17/h1-6,9-10,19-20H,7-8,11-12H2. The van der Waals surface area contributed by atoms with Gasteiger partial charge in [-0.2, -0.15) is 4.72 Å². The van der Waals surface area contributed by atoms with Gasteiger partial charge in [-0.25, -0.2) is 8.42 Å². The number of fused-ring (bicyclic) bond motifs is 1.